The fourth-order valence-corrected chi connectivity index (χ4v) is 2.02. The van der Waals surface area contributed by atoms with E-state index in [1.54, 1.807) is 0 Å². The molecule has 2 heterocycles. The molecule has 1 aliphatic rings. The van der Waals surface area contributed by atoms with Gasteiger partial charge in [0.15, 0.2) is 0 Å². The van der Waals surface area contributed by atoms with E-state index >= 15 is 0 Å². The van der Waals surface area contributed by atoms with Crippen LogP contribution < -0.4 is 11.1 Å². The minimum atomic E-state index is 0.304. The van der Waals surface area contributed by atoms with Crippen molar-refractivity contribution in [1.29, 1.82) is 0 Å². The van der Waals surface area contributed by atoms with Crippen molar-refractivity contribution in [2.75, 3.05) is 12.3 Å². The van der Waals surface area contributed by atoms with E-state index in [2.05, 4.69) is 27.4 Å². The highest BCUT2D eigenvalue weighted by Crippen LogP contribution is 2.27. The second-order valence-electron chi connectivity index (χ2n) is 3.88. The van der Waals surface area contributed by atoms with Gasteiger partial charge < -0.3 is 11.1 Å². The molecular weight excluding hydrogens is 178 g/mol. The van der Waals surface area contributed by atoms with Crippen molar-refractivity contribution in [3.63, 3.8) is 0 Å². The second-order valence-corrected chi connectivity index (χ2v) is 3.88. The highest BCUT2D eigenvalue weighted by atomic mass is 15.3. The summed E-state index contributed by atoms with van der Waals surface area (Å²) in [6.45, 7) is 3.30. The van der Waals surface area contributed by atoms with Gasteiger partial charge in [0.25, 0.3) is 0 Å². The van der Waals surface area contributed by atoms with Crippen molar-refractivity contribution < 1.29 is 0 Å². The van der Waals surface area contributed by atoms with Gasteiger partial charge in [0, 0.05) is 0 Å². The third kappa shape index (κ3) is 1.87. The molecule has 1 aromatic heterocycles. The monoisotopic (exact) mass is 195 g/mol. The lowest BCUT2D eigenvalue weighted by molar-refractivity contribution is 0.291. The average molecular weight is 195 g/mol. The summed E-state index contributed by atoms with van der Waals surface area (Å²) in [5, 5.41) is 10.1. The van der Waals surface area contributed by atoms with E-state index in [-0.39, 0.29) is 0 Å². The third-order valence-electron chi connectivity index (χ3n) is 2.94. The molecule has 1 aliphatic heterocycles. The minimum Gasteiger partial charge on any atom is -0.367 e. The summed E-state index contributed by atoms with van der Waals surface area (Å²) in [5.74, 6) is 2.01. The summed E-state index contributed by atoms with van der Waals surface area (Å²) in [4.78, 5) is 4.15. The maximum absolute atomic E-state index is 5.47. The molecule has 1 saturated heterocycles. The van der Waals surface area contributed by atoms with Crippen LogP contribution in [-0.2, 0) is 0 Å². The predicted molar refractivity (Wildman–Crippen MR) is 54.6 cm³/mol. The lowest BCUT2D eigenvalue weighted by Gasteiger charge is -2.28. The first-order chi connectivity index (χ1) is 6.79. The average Bonchev–Trinajstić information content (AvgIpc) is 2.65. The molecule has 78 valence electrons. The van der Waals surface area contributed by atoms with E-state index in [0.717, 1.165) is 24.7 Å². The summed E-state index contributed by atoms with van der Waals surface area (Å²) >= 11 is 0. The Kier molecular flexibility index (Phi) is 2.67. The number of aromatic amines is 1. The maximum atomic E-state index is 5.47. The Morgan fingerprint density at radius 1 is 1.57 bits per heavy atom. The molecule has 5 nitrogen and oxygen atoms in total. The Morgan fingerprint density at radius 2 is 2.43 bits per heavy atom. The number of nitrogens with two attached hydrogens (primary N) is 1. The van der Waals surface area contributed by atoms with Crippen LogP contribution >= 0.6 is 0 Å². The first kappa shape index (κ1) is 9.45. The van der Waals surface area contributed by atoms with Crippen molar-refractivity contribution >= 4 is 5.95 Å². The normalized spacial score (nSPS) is 27.8. The van der Waals surface area contributed by atoms with Crippen LogP contribution in [0.2, 0.25) is 0 Å². The zero-order valence-corrected chi connectivity index (χ0v) is 8.45. The first-order valence-corrected chi connectivity index (χ1v) is 5.20. The van der Waals surface area contributed by atoms with Gasteiger partial charge in [0.1, 0.15) is 5.82 Å². The number of H-pyrrole nitrogens is 1. The lowest BCUT2D eigenvalue weighted by Crippen LogP contribution is -2.32. The number of anilines is 1. The van der Waals surface area contributed by atoms with Gasteiger partial charge in [-0.05, 0) is 25.3 Å². The van der Waals surface area contributed by atoms with E-state index in [1.807, 2.05) is 0 Å². The van der Waals surface area contributed by atoms with Crippen LogP contribution in [0, 0.1) is 5.92 Å². The number of hydrogen-bond donors (Lipinski definition) is 3. The molecule has 0 amide bonds. The third-order valence-corrected chi connectivity index (χ3v) is 2.94. The van der Waals surface area contributed by atoms with E-state index < -0.39 is 0 Å². The molecular formula is C9H17N5. The van der Waals surface area contributed by atoms with Crippen LogP contribution in [0.25, 0.3) is 0 Å². The van der Waals surface area contributed by atoms with E-state index in [1.165, 1.54) is 12.8 Å². The van der Waals surface area contributed by atoms with Crippen LogP contribution in [0.15, 0.2) is 0 Å². The van der Waals surface area contributed by atoms with Gasteiger partial charge in [0.2, 0.25) is 5.95 Å². The quantitative estimate of drug-likeness (QED) is 0.653. The van der Waals surface area contributed by atoms with Crippen molar-refractivity contribution in [1.82, 2.24) is 20.5 Å². The summed E-state index contributed by atoms with van der Waals surface area (Å²) < 4.78 is 0. The van der Waals surface area contributed by atoms with Gasteiger partial charge in [-0.2, -0.15) is 4.98 Å². The molecule has 14 heavy (non-hydrogen) atoms. The van der Waals surface area contributed by atoms with E-state index in [0.29, 0.717) is 12.0 Å². The highest BCUT2D eigenvalue weighted by molar-refractivity contribution is 5.14. The van der Waals surface area contributed by atoms with Crippen LogP contribution in [0.3, 0.4) is 0 Å². The zero-order chi connectivity index (χ0) is 9.97. The van der Waals surface area contributed by atoms with Crippen LogP contribution in [-0.4, -0.2) is 21.7 Å². The Morgan fingerprint density at radius 3 is 3.07 bits per heavy atom. The number of nitrogens with zero attached hydrogens (tertiary/aromatic N) is 2. The standard InChI is InChI=1S/C9H17N5/c1-2-6-3-4-11-7(5-6)8-12-9(10)14-13-8/h6-7,11H,2-5H2,1H3,(H3,10,12,13,14). The SMILES string of the molecule is CCC1CCNC(c2nc(N)n[nH]2)C1. The van der Waals surface area contributed by atoms with Crippen molar-refractivity contribution in [2.24, 2.45) is 5.92 Å². The number of piperidine rings is 1. The molecule has 0 saturated carbocycles. The van der Waals surface area contributed by atoms with Gasteiger partial charge in [-0.3, -0.25) is 5.10 Å². The Bertz CT molecular complexity index is 295. The van der Waals surface area contributed by atoms with Crippen LogP contribution in [0.1, 0.15) is 38.1 Å². The zero-order valence-electron chi connectivity index (χ0n) is 8.45. The second kappa shape index (κ2) is 3.96. The lowest BCUT2D eigenvalue weighted by atomic mass is 9.90. The summed E-state index contributed by atoms with van der Waals surface area (Å²) in [5.41, 5.74) is 5.47. The van der Waals surface area contributed by atoms with Crippen molar-refractivity contribution in [3.05, 3.63) is 5.82 Å². The molecule has 0 radical (unpaired) electrons. The van der Waals surface area contributed by atoms with E-state index in [4.69, 9.17) is 5.73 Å². The molecule has 1 fully saturated rings. The first-order valence-electron chi connectivity index (χ1n) is 5.20. The number of hydrogen-bond acceptors (Lipinski definition) is 4. The fraction of sp³-hybridized carbons (Fsp3) is 0.778. The molecule has 0 spiro atoms. The minimum absolute atomic E-state index is 0.304. The van der Waals surface area contributed by atoms with Gasteiger partial charge in [0.05, 0.1) is 6.04 Å². The van der Waals surface area contributed by atoms with Crippen molar-refractivity contribution in [3.8, 4) is 0 Å². The van der Waals surface area contributed by atoms with Crippen molar-refractivity contribution in [2.45, 2.75) is 32.2 Å². The largest absolute Gasteiger partial charge is 0.367 e. The highest BCUT2D eigenvalue weighted by Gasteiger charge is 2.23. The summed E-state index contributed by atoms with van der Waals surface area (Å²) in [6, 6.07) is 0.304. The molecule has 2 rings (SSSR count). The summed E-state index contributed by atoms with van der Waals surface area (Å²) in [6.07, 6.45) is 3.63. The van der Waals surface area contributed by atoms with Gasteiger partial charge >= 0.3 is 0 Å². The molecule has 4 N–H and O–H groups in total. The Balaban J connectivity index is 2.04. The van der Waals surface area contributed by atoms with Crippen LogP contribution in [0.4, 0.5) is 5.95 Å². The number of nitrogen functional groups attached to an aromatic ring is 1. The Labute approximate surface area is 83.5 Å². The maximum Gasteiger partial charge on any atom is 0.239 e. The van der Waals surface area contributed by atoms with Gasteiger partial charge in [-0.25, -0.2) is 0 Å². The smallest absolute Gasteiger partial charge is 0.239 e. The number of aromatic nitrogens is 3. The van der Waals surface area contributed by atoms with E-state index in [9.17, 15) is 0 Å². The molecule has 0 aliphatic carbocycles. The molecule has 2 unspecified atom stereocenters. The number of rotatable bonds is 2. The molecule has 0 aromatic carbocycles. The molecule has 1 aromatic rings. The molecule has 2 atom stereocenters. The topological polar surface area (TPSA) is 79.6 Å². The summed E-state index contributed by atoms with van der Waals surface area (Å²) in [7, 11) is 0. The number of nitrogens with one attached hydrogen (secondary N) is 2. The predicted octanol–water partition coefficient (Wildman–Crippen LogP) is 0.838. The molecule has 5 heteroatoms. The van der Waals surface area contributed by atoms with Gasteiger partial charge in [-0.1, -0.05) is 13.3 Å². The fourth-order valence-electron chi connectivity index (χ4n) is 2.02. The Hall–Kier alpha value is -1.10. The van der Waals surface area contributed by atoms with Crippen LogP contribution in [0.5, 0.6) is 0 Å². The van der Waals surface area contributed by atoms with Gasteiger partial charge in [-0.15, -0.1) is 5.10 Å². The molecule has 0 bridgehead atoms.